The van der Waals surface area contributed by atoms with Crippen molar-refractivity contribution in [1.29, 1.82) is 0 Å². The summed E-state index contributed by atoms with van der Waals surface area (Å²) in [7, 11) is 3.91. The fourth-order valence-electron chi connectivity index (χ4n) is 2.29. The fourth-order valence-corrected chi connectivity index (χ4v) is 3.73. The molecule has 25 heavy (non-hydrogen) atoms. The molecule has 2 rings (SSSR count). The van der Waals surface area contributed by atoms with Crippen molar-refractivity contribution < 1.29 is 28.5 Å². The van der Waals surface area contributed by atoms with Crippen LogP contribution in [0.5, 0.6) is 5.75 Å². The number of rotatable bonds is 4. The monoisotopic (exact) mass is 497 g/mol. The number of esters is 2. The number of hydrogen-bond acceptors (Lipinski definition) is 7. The lowest BCUT2D eigenvalue weighted by molar-refractivity contribution is -0.140. The molecule has 0 aliphatic carbocycles. The molecular weight excluding hydrogens is 485 g/mol. The summed E-state index contributed by atoms with van der Waals surface area (Å²) in [6.07, 6.45) is 0. The summed E-state index contributed by atoms with van der Waals surface area (Å²) < 4.78 is 21.5. The number of carbonyl (C=O) groups is 2. The van der Waals surface area contributed by atoms with E-state index in [1.165, 1.54) is 26.2 Å². The highest BCUT2D eigenvalue weighted by Crippen LogP contribution is 2.46. The molecule has 0 saturated heterocycles. The van der Waals surface area contributed by atoms with Crippen LogP contribution in [0.4, 0.5) is 5.69 Å². The molecule has 0 unspecified atom stereocenters. The zero-order chi connectivity index (χ0) is 18.7. The van der Waals surface area contributed by atoms with E-state index in [9.17, 15) is 9.59 Å². The molecule has 0 spiro atoms. The Balaban J connectivity index is 2.74. The van der Waals surface area contributed by atoms with Crippen molar-refractivity contribution >= 4 is 61.1 Å². The zero-order valence-corrected chi connectivity index (χ0v) is 17.5. The van der Waals surface area contributed by atoms with E-state index < -0.39 is 11.9 Å². The summed E-state index contributed by atoms with van der Waals surface area (Å²) in [5.74, 6) is -1.00. The normalized spacial score (nSPS) is 14.4. The van der Waals surface area contributed by atoms with Gasteiger partial charge in [0.25, 0.3) is 0 Å². The van der Waals surface area contributed by atoms with Crippen LogP contribution in [0.25, 0.3) is 0 Å². The van der Waals surface area contributed by atoms with Crippen LogP contribution in [0.1, 0.15) is 0 Å². The molecule has 0 N–H and O–H groups in total. The number of halogens is 3. The maximum absolute atomic E-state index is 12.4. The number of benzene rings is 1. The summed E-state index contributed by atoms with van der Waals surface area (Å²) in [4.78, 5) is 25.9. The largest absolute Gasteiger partial charge is 0.494 e. The maximum atomic E-state index is 12.4. The van der Waals surface area contributed by atoms with E-state index in [0.717, 1.165) is 0 Å². The minimum atomic E-state index is -0.711. The Hall–Kier alpha value is -1.29. The zero-order valence-electron chi connectivity index (χ0n) is 13.5. The van der Waals surface area contributed by atoms with E-state index in [1.54, 1.807) is 6.07 Å². The summed E-state index contributed by atoms with van der Waals surface area (Å²) in [5.41, 5.74) is 0.448. The second-order valence-electron chi connectivity index (χ2n) is 4.75. The first-order valence-corrected chi connectivity index (χ1v) is 8.80. The third-order valence-corrected chi connectivity index (χ3v) is 5.67. The van der Waals surface area contributed by atoms with Gasteiger partial charge in [-0.3, -0.25) is 0 Å². The van der Waals surface area contributed by atoms with Gasteiger partial charge in [0.2, 0.25) is 0 Å². The van der Waals surface area contributed by atoms with Crippen molar-refractivity contribution in [2.24, 2.45) is 0 Å². The van der Waals surface area contributed by atoms with Crippen LogP contribution < -0.4 is 9.64 Å². The molecule has 1 aromatic carbocycles. The second-order valence-corrected chi connectivity index (χ2v) is 6.78. The maximum Gasteiger partial charge on any atom is 0.355 e. The molecule has 0 saturated carbocycles. The van der Waals surface area contributed by atoms with Gasteiger partial charge in [0.05, 0.1) is 43.0 Å². The minimum absolute atomic E-state index is 0.00186. The Kier molecular flexibility index (Phi) is 6.72. The summed E-state index contributed by atoms with van der Waals surface area (Å²) in [5, 5.41) is 0.366. The lowest BCUT2D eigenvalue weighted by Crippen LogP contribution is -2.39. The number of anilines is 1. The van der Waals surface area contributed by atoms with Gasteiger partial charge in [-0.15, -0.1) is 0 Å². The first-order chi connectivity index (χ1) is 11.9. The van der Waals surface area contributed by atoms with Crippen LogP contribution in [0, 0.1) is 0 Å². The van der Waals surface area contributed by atoms with Crippen molar-refractivity contribution in [2.75, 3.05) is 39.6 Å². The molecule has 1 aliphatic rings. The highest BCUT2D eigenvalue weighted by Gasteiger charge is 2.35. The van der Waals surface area contributed by atoms with E-state index in [-0.39, 0.29) is 24.6 Å². The van der Waals surface area contributed by atoms with Gasteiger partial charge in [-0.2, -0.15) is 0 Å². The van der Waals surface area contributed by atoms with Gasteiger partial charge in [-0.1, -0.05) is 11.6 Å². The number of carbonyl (C=O) groups excluding carboxylic acids is 2. The average Bonchev–Trinajstić information content (AvgIpc) is 2.63. The van der Waals surface area contributed by atoms with Crippen LogP contribution in [0.3, 0.4) is 0 Å². The summed E-state index contributed by atoms with van der Waals surface area (Å²) in [6.45, 7) is -0.102. The van der Waals surface area contributed by atoms with Crippen molar-refractivity contribution in [3.8, 4) is 5.75 Å². The van der Waals surface area contributed by atoms with Crippen LogP contribution in [-0.4, -0.2) is 46.6 Å². The van der Waals surface area contributed by atoms with Gasteiger partial charge in [0.15, 0.2) is 0 Å². The first-order valence-electron chi connectivity index (χ1n) is 6.83. The van der Waals surface area contributed by atoms with Gasteiger partial charge in [0.1, 0.15) is 23.9 Å². The lowest BCUT2D eigenvalue weighted by Gasteiger charge is -2.33. The van der Waals surface area contributed by atoms with Crippen molar-refractivity contribution in [2.45, 2.75) is 0 Å². The van der Waals surface area contributed by atoms with Crippen LogP contribution in [0.2, 0.25) is 5.02 Å². The molecule has 0 fully saturated rings. The average molecular weight is 500 g/mol. The molecular formula is C15H14Br2ClNO6. The third-order valence-electron chi connectivity index (χ3n) is 3.42. The first kappa shape index (κ1) is 20.0. The number of methoxy groups -OCH3 is 3. The molecule has 1 aromatic rings. The Labute approximate surface area is 166 Å². The van der Waals surface area contributed by atoms with Crippen molar-refractivity contribution in [1.82, 2.24) is 0 Å². The second kappa shape index (κ2) is 8.39. The highest BCUT2D eigenvalue weighted by molar-refractivity contribution is 9.11. The lowest BCUT2D eigenvalue weighted by atomic mass is 10.1. The minimum Gasteiger partial charge on any atom is -0.494 e. The number of nitrogens with zero attached hydrogens (tertiary/aromatic N) is 1. The summed E-state index contributed by atoms with van der Waals surface area (Å²) in [6, 6.07) is 1.64. The van der Waals surface area contributed by atoms with Gasteiger partial charge in [-0.05, 0) is 37.9 Å². The van der Waals surface area contributed by atoms with Crippen LogP contribution >= 0.6 is 43.5 Å². The van der Waals surface area contributed by atoms with Crippen LogP contribution in [0.15, 0.2) is 26.3 Å². The predicted molar refractivity (Wildman–Crippen MR) is 97.8 cm³/mol. The SMILES string of the molecule is COC(=O)C1=C(C(=O)OC)N(c2c(OC)cc(Br)c(Cl)c2Br)COC1. The van der Waals surface area contributed by atoms with Crippen LogP contribution in [-0.2, 0) is 23.8 Å². The van der Waals surface area contributed by atoms with E-state index in [0.29, 0.717) is 25.4 Å². The molecule has 10 heteroatoms. The Morgan fingerprint density at radius 2 is 1.84 bits per heavy atom. The third kappa shape index (κ3) is 3.79. The van der Waals surface area contributed by atoms with Gasteiger partial charge in [-0.25, -0.2) is 9.59 Å². The molecule has 136 valence electrons. The molecule has 0 aromatic heterocycles. The van der Waals surface area contributed by atoms with Gasteiger partial charge < -0.3 is 23.8 Å². The van der Waals surface area contributed by atoms with E-state index in [2.05, 4.69) is 31.9 Å². The Morgan fingerprint density at radius 1 is 1.20 bits per heavy atom. The fraction of sp³-hybridized carbons (Fsp3) is 0.333. The molecule has 0 atom stereocenters. The number of ether oxygens (including phenoxy) is 4. The van der Waals surface area contributed by atoms with E-state index in [1.807, 2.05) is 0 Å². The number of hydrogen-bond donors (Lipinski definition) is 0. The standard InChI is InChI=1S/C15H14Br2ClNO6/c1-22-9-4-8(16)11(18)10(17)13(9)19-6-25-5-7(14(20)23-2)12(19)15(21)24-3/h4H,5-6H2,1-3H3. The smallest absolute Gasteiger partial charge is 0.355 e. The molecule has 7 nitrogen and oxygen atoms in total. The quantitative estimate of drug-likeness (QED) is 0.465. The van der Waals surface area contributed by atoms with Crippen molar-refractivity contribution in [3.63, 3.8) is 0 Å². The Morgan fingerprint density at radius 3 is 2.40 bits per heavy atom. The van der Waals surface area contributed by atoms with Gasteiger partial charge >= 0.3 is 11.9 Å². The molecule has 1 heterocycles. The van der Waals surface area contributed by atoms with Gasteiger partial charge in [0, 0.05) is 4.47 Å². The van der Waals surface area contributed by atoms with E-state index >= 15 is 0 Å². The predicted octanol–water partition coefficient (Wildman–Crippen LogP) is 3.27. The van der Waals surface area contributed by atoms with Crippen molar-refractivity contribution in [3.05, 3.63) is 31.3 Å². The summed E-state index contributed by atoms with van der Waals surface area (Å²) >= 11 is 13.0. The topological polar surface area (TPSA) is 74.3 Å². The molecule has 0 radical (unpaired) electrons. The molecule has 0 bridgehead atoms. The molecule has 0 amide bonds. The Bertz CT molecular complexity index is 752. The van der Waals surface area contributed by atoms with E-state index in [4.69, 9.17) is 30.5 Å². The molecule has 1 aliphatic heterocycles. The highest BCUT2D eigenvalue weighted by atomic mass is 79.9.